The number of benzene rings is 1. The molecule has 3 nitrogen and oxygen atoms in total. The summed E-state index contributed by atoms with van der Waals surface area (Å²) < 4.78 is 0. The molecule has 1 saturated carbocycles. The summed E-state index contributed by atoms with van der Waals surface area (Å²) in [4.78, 5) is 11.8. The van der Waals surface area contributed by atoms with Crippen LogP contribution >= 0.6 is 0 Å². The van der Waals surface area contributed by atoms with E-state index < -0.39 is 0 Å². The van der Waals surface area contributed by atoms with E-state index in [0.29, 0.717) is 17.0 Å². The van der Waals surface area contributed by atoms with E-state index in [2.05, 4.69) is 12.2 Å². The first-order valence-electron chi connectivity index (χ1n) is 5.99. The highest BCUT2D eigenvalue weighted by molar-refractivity contribution is 5.94. The lowest BCUT2D eigenvalue weighted by Gasteiger charge is -2.11. The lowest BCUT2D eigenvalue weighted by molar-refractivity contribution is 0.0946. The van der Waals surface area contributed by atoms with Crippen LogP contribution in [0.15, 0.2) is 24.3 Å². The fraction of sp³-hybridized carbons (Fsp3) is 0.429. The van der Waals surface area contributed by atoms with Gasteiger partial charge in [-0.25, -0.2) is 0 Å². The van der Waals surface area contributed by atoms with E-state index in [0.717, 1.165) is 12.5 Å². The second-order valence-corrected chi connectivity index (χ2v) is 4.72. The summed E-state index contributed by atoms with van der Waals surface area (Å²) in [7, 11) is 0. The summed E-state index contributed by atoms with van der Waals surface area (Å²) in [5, 5.41) is 11.7. The highest BCUT2D eigenvalue weighted by Crippen LogP contribution is 2.36. The second-order valence-electron chi connectivity index (χ2n) is 4.72. The molecule has 0 heterocycles. The molecule has 17 heavy (non-hydrogen) atoms. The van der Waals surface area contributed by atoms with Gasteiger partial charge in [-0.2, -0.15) is 5.26 Å². The maximum Gasteiger partial charge on any atom is 0.251 e. The molecule has 1 fully saturated rings. The monoisotopic (exact) mass is 228 g/mol. The minimum atomic E-state index is -0.0883. The molecule has 1 amide bonds. The smallest absolute Gasteiger partial charge is 0.251 e. The average molecular weight is 228 g/mol. The number of amides is 1. The largest absolute Gasteiger partial charge is 0.352 e. The number of nitriles is 1. The van der Waals surface area contributed by atoms with E-state index >= 15 is 0 Å². The van der Waals surface area contributed by atoms with E-state index in [1.807, 2.05) is 6.07 Å². The molecule has 1 aliphatic rings. The summed E-state index contributed by atoms with van der Waals surface area (Å²) in [6, 6.07) is 8.82. The Hall–Kier alpha value is -1.82. The molecule has 0 saturated heterocycles. The van der Waals surface area contributed by atoms with Gasteiger partial charge in [0.15, 0.2) is 0 Å². The van der Waals surface area contributed by atoms with Gasteiger partial charge in [-0.05, 0) is 42.9 Å². The van der Waals surface area contributed by atoms with Gasteiger partial charge in [0.2, 0.25) is 0 Å². The van der Waals surface area contributed by atoms with E-state index in [-0.39, 0.29) is 5.91 Å². The second kappa shape index (κ2) is 5.01. The topological polar surface area (TPSA) is 52.9 Å². The van der Waals surface area contributed by atoms with Crippen molar-refractivity contribution in [2.24, 2.45) is 11.8 Å². The fourth-order valence-electron chi connectivity index (χ4n) is 1.92. The first kappa shape index (κ1) is 11.7. The average Bonchev–Trinajstić information content (AvgIpc) is 3.19. The Morgan fingerprint density at radius 3 is 3.00 bits per heavy atom. The molecular formula is C14H16N2O. The number of rotatable bonds is 4. The van der Waals surface area contributed by atoms with E-state index in [1.165, 1.54) is 12.8 Å². The van der Waals surface area contributed by atoms with Gasteiger partial charge in [-0.15, -0.1) is 0 Å². The minimum absolute atomic E-state index is 0.0883. The normalized spacial score (nSPS) is 16.0. The number of hydrogen-bond donors (Lipinski definition) is 1. The maximum atomic E-state index is 11.8. The Labute approximate surface area is 101 Å². The standard InChI is InChI=1S/C14H16N2O/c1-10(12-5-6-12)9-16-14(17)13-4-2-3-11(7-13)8-15/h2-4,7,10,12H,5-6,9H2,1H3,(H,16,17). The number of carbonyl (C=O) groups is 1. The molecule has 2 rings (SSSR count). The highest BCUT2D eigenvalue weighted by Gasteiger charge is 2.27. The Bertz CT molecular complexity index is 458. The Balaban J connectivity index is 1.92. The molecule has 1 N–H and O–H groups in total. The van der Waals surface area contributed by atoms with E-state index in [4.69, 9.17) is 5.26 Å². The van der Waals surface area contributed by atoms with Crippen molar-refractivity contribution in [1.82, 2.24) is 5.32 Å². The van der Waals surface area contributed by atoms with Gasteiger partial charge in [0.05, 0.1) is 11.6 Å². The van der Waals surface area contributed by atoms with Crippen LogP contribution in [0.3, 0.4) is 0 Å². The summed E-state index contributed by atoms with van der Waals surface area (Å²) in [5.74, 6) is 1.26. The van der Waals surface area contributed by atoms with Crippen LogP contribution in [0.2, 0.25) is 0 Å². The van der Waals surface area contributed by atoms with Crippen molar-refractivity contribution in [2.45, 2.75) is 19.8 Å². The van der Waals surface area contributed by atoms with Crippen molar-refractivity contribution >= 4 is 5.91 Å². The molecule has 1 aliphatic carbocycles. The number of hydrogen-bond acceptors (Lipinski definition) is 2. The quantitative estimate of drug-likeness (QED) is 0.859. The molecule has 0 spiro atoms. The van der Waals surface area contributed by atoms with Crippen LogP contribution in [0.4, 0.5) is 0 Å². The first-order valence-corrected chi connectivity index (χ1v) is 5.99. The van der Waals surface area contributed by atoms with Gasteiger partial charge < -0.3 is 5.32 Å². The van der Waals surface area contributed by atoms with Crippen molar-refractivity contribution in [1.29, 1.82) is 5.26 Å². The van der Waals surface area contributed by atoms with Crippen molar-refractivity contribution in [3.05, 3.63) is 35.4 Å². The predicted octanol–water partition coefficient (Wildman–Crippen LogP) is 2.33. The molecule has 0 aromatic heterocycles. The van der Waals surface area contributed by atoms with Crippen LogP contribution < -0.4 is 5.32 Å². The third kappa shape index (κ3) is 3.07. The van der Waals surface area contributed by atoms with Gasteiger partial charge in [0, 0.05) is 12.1 Å². The Morgan fingerprint density at radius 1 is 1.59 bits per heavy atom. The molecule has 1 aromatic rings. The van der Waals surface area contributed by atoms with Crippen molar-refractivity contribution in [2.75, 3.05) is 6.54 Å². The molecule has 0 bridgehead atoms. The summed E-state index contributed by atoms with van der Waals surface area (Å²) >= 11 is 0. The third-order valence-corrected chi connectivity index (χ3v) is 3.27. The zero-order chi connectivity index (χ0) is 12.3. The van der Waals surface area contributed by atoms with Crippen molar-refractivity contribution in [3.63, 3.8) is 0 Å². The van der Waals surface area contributed by atoms with Gasteiger partial charge in [-0.3, -0.25) is 4.79 Å². The minimum Gasteiger partial charge on any atom is -0.352 e. The molecule has 1 atom stereocenters. The lowest BCUT2D eigenvalue weighted by atomic mass is 10.1. The van der Waals surface area contributed by atoms with Crippen LogP contribution in [0.5, 0.6) is 0 Å². The van der Waals surface area contributed by atoms with Crippen molar-refractivity contribution in [3.8, 4) is 6.07 Å². The van der Waals surface area contributed by atoms with Crippen LogP contribution in [-0.4, -0.2) is 12.5 Å². The molecule has 1 unspecified atom stereocenters. The molecule has 3 heteroatoms. The van der Waals surface area contributed by atoms with Gasteiger partial charge in [0.1, 0.15) is 0 Å². The lowest BCUT2D eigenvalue weighted by Crippen LogP contribution is -2.29. The molecule has 1 aromatic carbocycles. The Morgan fingerprint density at radius 2 is 2.35 bits per heavy atom. The fourth-order valence-corrected chi connectivity index (χ4v) is 1.92. The zero-order valence-electron chi connectivity index (χ0n) is 9.94. The van der Waals surface area contributed by atoms with E-state index in [1.54, 1.807) is 24.3 Å². The molecule has 0 aliphatic heterocycles. The van der Waals surface area contributed by atoms with Crippen LogP contribution in [0.1, 0.15) is 35.7 Å². The maximum absolute atomic E-state index is 11.8. The molecule has 88 valence electrons. The molecular weight excluding hydrogens is 212 g/mol. The first-order chi connectivity index (χ1) is 8.20. The highest BCUT2D eigenvalue weighted by atomic mass is 16.1. The van der Waals surface area contributed by atoms with Gasteiger partial charge in [0.25, 0.3) is 5.91 Å². The molecule has 0 radical (unpaired) electrons. The summed E-state index contributed by atoms with van der Waals surface area (Å²) in [5.41, 5.74) is 1.08. The third-order valence-electron chi connectivity index (χ3n) is 3.27. The SMILES string of the molecule is CC(CNC(=O)c1cccc(C#N)c1)C1CC1. The number of nitrogens with one attached hydrogen (secondary N) is 1. The van der Waals surface area contributed by atoms with Crippen LogP contribution in [0, 0.1) is 23.2 Å². The number of carbonyl (C=O) groups excluding carboxylic acids is 1. The van der Waals surface area contributed by atoms with Crippen LogP contribution in [0.25, 0.3) is 0 Å². The zero-order valence-corrected chi connectivity index (χ0v) is 9.94. The predicted molar refractivity (Wildman–Crippen MR) is 65.4 cm³/mol. The van der Waals surface area contributed by atoms with Crippen molar-refractivity contribution < 1.29 is 4.79 Å². The van der Waals surface area contributed by atoms with Gasteiger partial charge >= 0.3 is 0 Å². The van der Waals surface area contributed by atoms with Crippen LogP contribution in [-0.2, 0) is 0 Å². The Kier molecular flexibility index (Phi) is 3.43. The number of nitrogens with zero attached hydrogens (tertiary/aromatic N) is 1. The summed E-state index contributed by atoms with van der Waals surface area (Å²) in [6.07, 6.45) is 2.59. The van der Waals surface area contributed by atoms with Gasteiger partial charge in [-0.1, -0.05) is 13.0 Å². The summed E-state index contributed by atoms with van der Waals surface area (Å²) in [6.45, 7) is 2.89. The van der Waals surface area contributed by atoms with E-state index in [9.17, 15) is 4.79 Å².